The van der Waals surface area contributed by atoms with Crippen molar-refractivity contribution in [1.82, 2.24) is 5.32 Å². The Labute approximate surface area is 137 Å². The zero-order chi connectivity index (χ0) is 17.5. The van der Waals surface area contributed by atoms with Crippen LogP contribution < -0.4 is 5.32 Å². The van der Waals surface area contributed by atoms with E-state index >= 15 is 0 Å². The molecule has 0 aromatic heterocycles. The number of hydrogen-bond acceptors (Lipinski definition) is 4. The highest BCUT2D eigenvalue weighted by Crippen LogP contribution is 2.19. The number of benzene rings is 2. The molecule has 1 atom stereocenters. The van der Waals surface area contributed by atoms with Crippen LogP contribution in [0.15, 0.2) is 48.5 Å². The smallest absolute Gasteiger partial charge is 0.276 e. The first-order chi connectivity index (χ1) is 11.5. The fourth-order valence-corrected chi connectivity index (χ4v) is 2.17. The molecule has 0 aliphatic carbocycles. The van der Waals surface area contributed by atoms with Crippen molar-refractivity contribution in [2.45, 2.75) is 6.10 Å². The predicted octanol–water partition coefficient (Wildman–Crippen LogP) is 3.21. The molecule has 0 bridgehead atoms. The topological polar surface area (TPSA) is 75.4 Å². The summed E-state index contributed by atoms with van der Waals surface area (Å²) < 4.78 is 26.3. The van der Waals surface area contributed by atoms with E-state index in [0.717, 1.165) is 6.07 Å². The van der Waals surface area contributed by atoms with Crippen LogP contribution in [0.1, 0.15) is 17.2 Å². The highest BCUT2D eigenvalue weighted by molar-refractivity contribution is 5.60. The Kier molecular flexibility index (Phi) is 6.11. The van der Waals surface area contributed by atoms with Crippen LogP contribution in [0, 0.1) is 21.7 Å². The molecule has 5 nitrogen and oxygen atoms in total. The Balaban J connectivity index is 1.88. The van der Waals surface area contributed by atoms with E-state index in [2.05, 4.69) is 5.32 Å². The summed E-state index contributed by atoms with van der Waals surface area (Å²) in [5.41, 5.74) is 0.475. The third-order valence-corrected chi connectivity index (χ3v) is 3.35. The Morgan fingerprint density at radius 2 is 2.00 bits per heavy atom. The average molecular weight is 334 g/mol. The molecular formula is C17H16F2N2O3. The second-order valence-electron chi connectivity index (χ2n) is 5.06. The minimum Gasteiger partial charge on any atom is -0.387 e. The molecule has 0 amide bonds. The van der Waals surface area contributed by atoms with Crippen molar-refractivity contribution < 1.29 is 18.8 Å². The van der Waals surface area contributed by atoms with Gasteiger partial charge in [-0.05, 0) is 12.1 Å². The van der Waals surface area contributed by atoms with Gasteiger partial charge in [-0.25, -0.2) is 8.78 Å². The van der Waals surface area contributed by atoms with Gasteiger partial charge in [0.05, 0.1) is 16.6 Å². The number of nitrogens with zero attached hydrogens (tertiary/aromatic N) is 1. The molecule has 0 saturated heterocycles. The van der Waals surface area contributed by atoms with Gasteiger partial charge in [0.25, 0.3) is 5.69 Å². The van der Waals surface area contributed by atoms with Gasteiger partial charge in [0, 0.05) is 30.8 Å². The van der Waals surface area contributed by atoms with Gasteiger partial charge in [0.15, 0.2) is 0 Å². The number of nitro benzene ring substituents is 1. The summed E-state index contributed by atoms with van der Waals surface area (Å²) in [6.45, 7) is 0.385. The van der Waals surface area contributed by atoms with E-state index in [1.54, 1.807) is 30.4 Å². The van der Waals surface area contributed by atoms with Crippen LogP contribution >= 0.6 is 0 Å². The SMILES string of the molecule is O=[N+]([O-])c1ccccc1/C=C\CNC[C@H](O)c1ccc(F)cc1F. The van der Waals surface area contributed by atoms with Crippen LogP contribution in [0.2, 0.25) is 0 Å². The Morgan fingerprint density at radius 1 is 1.25 bits per heavy atom. The van der Waals surface area contributed by atoms with Gasteiger partial charge in [0.1, 0.15) is 11.6 Å². The van der Waals surface area contributed by atoms with E-state index in [9.17, 15) is 24.0 Å². The van der Waals surface area contributed by atoms with Crippen LogP contribution in [0.3, 0.4) is 0 Å². The van der Waals surface area contributed by atoms with Crippen LogP contribution in [-0.2, 0) is 0 Å². The van der Waals surface area contributed by atoms with E-state index in [-0.39, 0.29) is 17.8 Å². The third kappa shape index (κ3) is 4.68. The average Bonchev–Trinajstić information content (AvgIpc) is 2.54. The molecule has 2 aromatic carbocycles. The number of para-hydroxylation sites is 1. The van der Waals surface area contributed by atoms with E-state index < -0.39 is 22.7 Å². The van der Waals surface area contributed by atoms with Gasteiger partial charge in [-0.2, -0.15) is 0 Å². The quantitative estimate of drug-likeness (QED) is 0.463. The molecule has 24 heavy (non-hydrogen) atoms. The molecule has 2 rings (SSSR count). The molecule has 7 heteroatoms. The number of nitro groups is 1. The first kappa shape index (κ1) is 17.7. The fourth-order valence-electron chi connectivity index (χ4n) is 2.17. The summed E-state index contributed by atoms with van der Waals surface area (Å²) in [5.74, 6) is -1.51. The zero-order valence-corrected chi connectivity index (χ0v) is 12.7. The lowest BCUT2D eigenvalue weighted by atomic mass is 10.1. The molecule has 0 fully saturated rings. The monoisotopic (exact) mass is 334 g/mol. The lowest BCUT2D eigenvalue weighted by Crippen LogP contribution is -2.22. The van der Waals surface area contributed by atoms with E-state index in [4.69, 9.17) is 0 Å². The number of nitrogens with one attached hydrogen (secondary N) is 1. The van der Waals surface area contributed by atoms with E-state index in [1.165, 1.54) is 12.1 Å². The first-order valence-corrected chi connectivity index (χ1v) is 7.22. The first-order valence-electron chi connectivity index (χ1n) is 7.22. The van der Waals surface area contributed by atoms with Crippen molar-refractivity contribution in [3.05, 3.63) is 81.4 Å². The number of rotatable bonds is 7. The summed E-state index contributed by atoms with van der Waals surface area (Å²) in [6, 6.07) is 9.30. The van der Waals surface area contributed by atoms with Crippen molar-refractivity contribution >= 4 is 11.8 Å². The summed E-state index contributed by atoms with van der Waals surface area (Å²) in [5, 5.41) is 23.6. The second-order valence-corrected chi connectivity index (χ2v) is 5.06. The fraction of sp³-hybridized carbons (Fsp3) is 0.176. The van der Waals surface area contributed by atoms with Gasteiger partial charge >= 0.3 is 0 Å². The summed E-state index contributed by atoms with van der Waals surface area (Å²) in [6.07, 6.45) is 2.14. The largest absolute Gasteiger partial charge is 0.387 e. The maximum absolute atomic E-state index is 13.5. The third-order valence-electron chi connectivity index (χ3n) is 3.35. The number of aliphatic hydroxyl groups excluding tert-OH is 1. The second kappa shape index (κ2) is 8.28. The molecule has 2 N–H and O–H groups in total. The molecular weight excluding hydrogens is 318 g/mol. The normalized spacial score (nSPS) is 12.5. The van der Waals surface area contributed by atoms with Gasteiger partial charge in [0.2, 0.25) is 0 Å². The van der Waals surface area contributed by atoms with Crippen molar-refractivity contribution in [2.75, 3.05) is 13.1 Å². The van der Waals surface area contributed by atoms with Crippen molar-refractivity contribution in [1.29, 1.82) is 0 Å². The molecule has 0 aliphatic heterocycles. The maximum atomic E-state index is 13.5. The Hall–Kier alpha value is -2.64. The molecule has 0 heterocycles. The number of aliphatic hydroxyl groups is 1. The van der Waals surface area contributed by atoms with Crippen molar-refractivity contribution in [3.63, 3.8) is 0 Å². The van der Waals surface area contributed by atoms with Gasteiger partial charge in [-0.3, -0.25) is 10.1 Å². The Morgan fingerprint density at radius 3 is 2.71 bits per heavy atom. The van der Waals surface area contributed by atoms with Crippen molar-refractivity contribution in [2.24, 2.45) is 0 Å². The summed E-state index contributed by atoms with van der Waals surface area (Å²) in [7, 11) is 0. The standard InChI is InChI=1S/C17H16F2N2O3/c18-13-7-8-14(15(19)10-13)17(22)11-20-9-3-5-12-4-1-2-6-16(12)21(23)24/h1-8,10,17,20,22H,9,11H2/b5-3-/t17-/m0/s1. The van der Waals surface area contributed by atoms with E-state index in [0.29, 0.717) is 18.2 Å². The van der Waals surface area contributed by atoms with E-state index in [1.807, 2.05) is 0 Å². The summed E-state index contributed by atoms with van der Waals surface area (Å²) in [4.78, 5) is 10.4. The highest BCUT2D eigenvalue weighted by atomic mass is 19.1. The van der Waals surface area contributed by atoms with Gasteiger partial charge in [-0.15, -0.1) is 0 Å². The highest BCUT2D eigenvalue weighted by Gasteiger charge is 2.13. The van der Waals surface area contributed by atoms with Gasteiger partial charge in [-0.1, -0.05) is 30.4 Å². The number of halogens is 2. The zero-order valence-electron chi connectivity index (χ0n) is 12.7. The molecule has 0 spiro atoms. The number of hydrogen-bond donors (Lipinski definition) is 2. The van der Waals surface area contributed by atoms with Gasteiger partial charge < -0.3 is 10.4 Å². The molecule has 0 radical (unpaired) electrons. The van der Waals surface area contributed by atoms with Crippen LogP contribution in [0.25, 0.3) is 6.08 Å². The summed E-state index contributed by atoms with van der Waals surface area (Å²) >= 11 is 0. The molecule has 126 valence electrons. The van der Waals surface area contributed by atoms with Crippen LogP contribution in [0.4, 0.5) is 14.5 Å². The van der Waals surface area contributed by atoms with Crippen LogP contribution in [0.5, 0.6) is 0 Å². The lowest BCUT2D eigenvalue weighted by Gasteiger charge is -2.12. The molecule has 0 aliphatic rings. The maximum Gasteiger partial charge on any atom is 0.276 e. The minimum atomic E-state index is -1.12. The molecule has 0 unspecified atom stereocenters. The van der Waals surface area contributed by atoms with Crippen LogP contribution in [-0.4, -0.2) is 23.1 Å². The Bertz CT molecular complexity index is 750. The lowest BCUT2D eigenvalue weighted by molar-refractivity contribution is -0.385. The minimum absolute atomic E-state index is 0.00201. The predicted molar refractivity (Wildman–Crippen MR) is 86.3 cm³/mol. The molecule has 0 saturated carbocycles. The van der Waals surface area contributed by atoms with Crippen molar-refractivity contribution in [3.8, 4) is 0 Å². The molecule has 2 aromatic rings.